The van der Waals surface area contributed by atoms with Crippen molar-refractivity contribution in [3.8, 4) is 0 Å². The molecule has 1 unspecified atom stereocenters. The molecule has 0 bridgehead atoms. The highest BCUT2D eigenvalue weighted by Gasteiger charge is 2.39. The molecule has 0 saturated heterocycles. The number of hydrogen-bond donors (Lipinski definition) is 1. The number of halogens is 3. The highest BCUT2D eigenvalue weighted by molar-refractivity contribution is 4.98. The fourth-order valence-electron chi connectivity index (χ4n) is 2.92. The topological polar surface area (TPSA) is 59.2 Å². The summed E-state index contributed by atoms with van der Waals surface area (Å²) in [6, 6.07) is 0. The maximum Gasteiger partial charge on any atom is 0.414 e. The van der Waals surface area contributed by atoms with Gasteiger partial charge in [-0.2, -0.15) is 18.2 Å². The first-order valence-corrected chi connectivity index (χ1v) is 7.47. The van der Waals surface area contributed by atoms with Gasteiger partial charge in [0.1, 0.15) is 0 Å². The fourth-order valence-corrected chi connectivity index (χ4v) is 2.92. The van der Waals surface area contributed by atoms with Crippen LogP contribution in [0.3, 0.4) is 0 Å². The Balaban J connectivity index is 1.89. The zero-order valence-electron chi connectivity index (χ0n) is 12.1. The highest BCUT2D eigenvalue weighted by atomic mass is 19.4. The van der Waals surface area contributed by atoms with Crippen molar-refractivity contribution < 1.29 is 22.8 Å². The van der Waals surface area contributed by atoms with Crippen LogP contribution in [0.4, 0.5) is 13.2 Å². The smallest absolute Gasteiger partial charge is 0.383 e. The third kappa shape index (κ3) is 4.43. The Kier molecular flexibility index (Phi) is 5.24. The Morgan fingerprint density at radius 2 is 1.95 bits per heavy atom. The SMILES string of the molecule is CCCC1CCC(c2noc(CC(O)C(F)(F)F)n2)CC1. The van der Waals surface area contributed by atoms with E-state index in [1.165, 1.54) is 12.8 Å². The second-order valence-corrected chi connectivity index (χ2v) is 5.81. The van der Waals surface area contributed by atoms with Crippen molar-refractivity contribution in [2.24, 2.45) is 5.92 Å². The van der Waals surface area contributed by atoms with Gasteiger partial charge in [0.05, 0.1) is 6.42 Å². The lowest BCUT2D eigenvalue weighted by molar-refractivity contribution is -0.204. The summed E-state index contributed by atoms with van der Waals surface area (Å²) in [5.41, 5.74) is 0. The van der Waals surface area contributed by atoms with Gasteiger partial charge < -0.3 is 9.63 Å². The minimum atomic E-state index is -4.66. The van der Waals surface area contributed by atoms with Gasteiger partial charge in [-0.15, -0.1) is 0 Å². The number of aromatic nitrogens is 2. The second kappa shape index (κ2) is 6.77. The molecule has 1 atom stereocenters. The van der Waals surface area contributed by atoms with Gasteiger partial charge in [-0.25, -0.2) is 0 Å². The minimum absolute atomic E-state index is 0.148. The van der Waals surface area contributed by atoms with E-state index in [0.717, 1.165) is 31.6 Å². The van der Waals surface area contributed by atoms with E-state index in [1.807, 2.05) is 0 Å². The summed E-state index contributed by atoms with van der Waals surface area (Å²) in [7, 11) is 0. The monoisotopic (exact) mass is 306 g/mol. The normalized spacial score (nSPS) is 25.0. The molecule has 0 amide bonds. The van der Waals surface area contributed by atoms with Crippen molar-refractivity contribution >= 4 is 0 Å². The summed E-state index contributed by atoms with van der Waals surface area (Å²) in [6.45, 7) is 2.17. The number of rotatable bonds is 5. The van der Waals surface area contributed by atoms with Crippen molar-refractivity contribution in [2.75, 3.05) is 0 Å². The van der Waals surface area contributed by atoms with Gasteiger partial charge in [0, 0.05) is 5.92 Å². The maximum atomic E-state index is 12.3. The largest absolute Gasteiger partial charge is 0.414 e. The molecule has 0 radical (unpaired) electrons. The molecular weight excluding hydrogens is 285 g/mol. The molecule has 1 fully saturated rings. The quantitative estimate of drug-likeness (QED) is 0.903. The summed E-state index contributed by atoms with van der Waals surface area (Å²) in [4.78, 5) is 4.02. The van der Waals surface area contributed by atoms with Gasteiger partial charge in [0.15, 0.2) is 11.9 Å². The first-order chi connectivity index (χ1) is 9.90. The van der Waals surface area contributed by atoms with Crippen LogP contribution in [-0.4, -0.2) is 27.5 Å². The molecule has 7 heteroatoms. The maximum absolute atomic E-state index is 12.3. The molecule has 0 spiro atoms. The van der Waals surface area contributed by atoms with Gasteiger partial charge >= 0.3 is 6.18 Å². The number of alkyl halides is 3. The van der Waals surface area contributed by atoms with Crippen molar-refractivity contribution in [1.29, 1.82) is 0 Å². The molecule has 120 valence electrons. The van der Waals surface area contributed by atoms with E-state index >= 15 is 0 Å². The van der Waals surface area contributed by atoms with E-state index in [0.29, 0.717) is 5.82 Å². The summed E-state index contributed by atoms with van der Waals surface area (Å²) >= 11 is 0. The van der Waals surface area contributed by atoms with Gasteiger partial charge in [0.2, 0.25) is 5.89 Å². The van der Waals surface area contributed by atoms with E-state index in [9.17, 15) is 13.2 Å². The molecule has 0 aliphatic heterocycles. The molecule has 1 heterocycles. The van der Waals surface area contributed by atoms with E-state index in [4.69, 9.17) is 9.63 Å². The van der Waals surface area contributed by atoms with Crippen LogP contribution in [0.1, 0.15) is 63.1 Å². The Hall–Kier alpha value is -1.11. The Morgan fingerprint density at radius 3 is 2.52 bits per heavy atom. The Bertz CT molecular complexity index is 440. The fraction of sp³-hybridized carbons (Fsp3) is 0.857. The van der Waals surface area contributed by atoms with Crippen molar-refractivity contribution in [3.63, 3.8) is 0 Å². The van der Waals surface area contributed by atoms with Crippen molar-refractivity contribution in [3.05, 3.63) is 11.7 Å². The summed E-state index contributed by atoms with van der Waals surface area (Å²) in [5, 5.41) is 12.8. The van der Waals surface area contributed by atoms with E-state index in [2.05, 4.69) is 17.1 Å². The van der Waals surface area contributed by atoms with E-state index in [-0.39, 0.29) is 11.8 Å². The molecule has 1 saturated carbocycles. The minimum Gasteiger partial charge on any atom is -0.383 e. The molecule has 1 aromatic rings. The molecule has 2 rings (SSSR count). The molecule has 1 N–H and O–H groups in total. The van der Waals surface area contributed by atoms with Crippen LogP contribution in [0, 0.1) is 5.92 Å². The van der Waals surface area contributed by atoms with Gasteiger partial charge in [-0.3, -0.25) is 0 Å². The van der Waals surface area contributed by atoms with Crippen molar-refractivity contribution in [2.45, 2.75) is 70.1 Å². The third-order valence-electron chi connectivity index (χ3n) is 4.14. The van der Waals surface area contributed by atoms with E-state index in [1.54, 1.807) is 0 Å². The number of aliphatic hydroxyl groups is 1. The van der Waals surface area contributed by atoms with Gasteiger partial charge in [0.25, 0.3) is 0 Å². The number of aliphatic hydroxyl groups excluding tert-OH is 1. The molecule has 1 aromatic heterocycles. The average molecular weight is 306 g/mol. The summed E-state index contributed by atoms with van der Waals surface area (Å²) in [6.07, 6.45) is -1.28. The van der Waals surface area contributed by atoms with Gasteiger partial charge in [-0.1, -0.05) is 24.9 Å². The lowest BCUT2D eigenvalue weighted by Gasteiger charge is -2.26. The second-order valence-electron chi connectivity index (χ2n) is 5.81. The van der Waals surface area contributed by atoms with Crippen LogP contribution in [0.2, 0.25) is 0 Å². The van der Waals surface area contributed by atoms with Crippen LogP contribution in [0.5, 0.6) is 0 Å². The average Bonchev–Trinajstić information content (AvgIpc) is 2.87. The highest BCUT2D eigenvalue weighted by Crippen LogP contribution is 2.36. The van der Waals surface area contributed by atoms with Crippen molar-refractivity contribution in [1.82, 2.24) is 10.1 Å². The molecule has 4 nitrogen and oxygen atoms in total. The Morgan fingerprint density at radius 1 is 1.29 bits per heavy atom. The zero-order chi connectivity index (χ0) is 15.5. The van der Waals surface area contributed by atoms with Crippen LogP contribution in [0.15, 0.2) is 4.52 Å². The van der Waals surface area contributed by atoms with Crippen LogP contribution in [0.25, 0.3) is 0 Å². The van der Waals surface area contributed by atoms with Crippen LogP contribution < -0.4 is 0 Å². The Labute approximate surface area is 121 Å². The number of hydrogen-bond acceptors (Lipinski definition) is 4. The van der Waals surface area contributed by atoms with E-state index < -0.39 is 18.7 Å². The molecule has 1 aliphatic rings. The molecular formula is C14H21F3N2O2. The summed E-state index contributed by atoms with van der Waals surface area (Å²) < 4.78 is 41.7. The van der Waals surface area contributed by atoms with Crippen LogP contribution >= 0.6 is 0 Å². The first kappa shape index (κ1) is 16.3. The first-order valence-electron chi connectivity index (χ1n) is 7.47. The molecule has 1 aliphatic carbocycles. The van der Waals surface area contributed by atoms with Crippen LogP contribution in [-0.2, 0) is 6.42 Å². The summed E-state index contributed by atoms with van der Waals surface area (Å²) in [5.74, 6) is 1.24. The molecule has 0 aromatic carbocycles. The zero-order valence-corrected chi connectivity index (χ0v) is 12.1. The standard InChI is InChI=1S/C14H21F3N2O2/c1-2-3-9-4-6-10(7-5-9)13-18-12(21-19-13)8-11(20)14(15,16)17/h9-11,20H,2-8H2,1H3. The number of nitrogens with zero attached hydrogens (tertiary/aromatic N) is 2. The lowest BCUT2D eigenvalue weighted by atomic mass is 9.80. The predicted molar refractivity (Wildman–Crippen MR) is 69.7 cm³/mol. The lowest BCUT2D eigenvalue weighted by Crippen LogP contribution is -2.30. The van der Waals surface area contributed by atoms with Gasteiger partial charge in [-0.05, 0) is 31.6 Å². The molecule has 21 heavy (non-hydrogen) atoms. The third-order valence-corrected chi connectivity index (χ3v) is 4.14. The predicted octanol–water partition coefficient (Wildman–Crippen LogP) is 3.61.